The third-order valence-corrected chi connectivity index (χ3v) is 7.17. The maximum Gasteiger partial charge on any atom is 0.338 e. The molecular weight excluding hydrogens is 496 g/mol. The predicted octanol–water partition coefficient (Wildman–Crippen LogP) is 5.02. The lowest BCUT2D eigenvalue weighted by Gasteiger charge is -2.24. The number of carbonyl (C=O) groups excluding carboxylic acids is 1. The van der Waals surface area contributed by atoms with Gasteiger partial charge in [0, 0.05) is 16.7 Å². The standard InChI is InChI=1S/C28H23ClN2O4S/c1-4-34-27(33)24-17(3)30-28-31(25(24)19-7-5-16(2)6-8-19)26(32)23(36-28)15-21-13-14-22(35-21)18-9-11-20(29)12-10-18/h5-15,25H,4H2,1-3H3. The first-order chi connectivity index (χ1) is 17.4. The number of allylic oxidation sites excluding steroid dienone is 1. The molecule has 2 aromatic carbocycles. The summed E-state index contributed by atoms with van der Waals surface area (Å²) in [6.45, 7) is 5.75. The zero-order valence-corrected chi connectivity index (χ0v) is 21.5. The molecule has 6 nitrogen and oxygen atoms in total. The number of furan rings is 1. The minimum atomic E-state index is -0.635. The Morgan fingerprint density at radius 2 is 1.83 bits per heavy atom. The van der Waals surface area contributed by atoms with Crippen LogP contribution in [0.25, 0.3) is 17.4 Å². The van der Waals surface area contributed by atoms with Gasteiger partial charge in [0.05, 0.1) is 28.5 Å². The van der Waals surface area contributed by atoms with Gasteiger partial charge in [0.15, 0.2) is 4.80 Å². The molecule has 4 aromatic rings. The number of rotatable bonds is 5. The van der Waals surface area contributed by atoms with Gasteiger partial charge in [-0.2, -0.15) is 0 Å². The highest BCUT2D eigenvalue weighted by Crippen LogP contribution is 2.31. The Morgan fingerprint density at radius 3 is 2.53 bits per heavy atom. The number of hydrogen-bond donors (Lipinski definition) is 0. The lowest BCUT2D eigenvalue weighted by molar-refractivity contribution is -0.139. The zero-order chi connectivity index (χ0) is 25.4. The van der Waals surface area contributed by atoms with Gasteiger partial charge in [0.2, 0.25) is 0 Å². The van der Waals surface area contributed by atoms with Crippen molar-refractivity contribution in [1.29, 1.82) is 0 Å². The number of aryl methyl sites for hydroxylation is 1. The summed E-state index contributed by atoms with van der Waals surface area (Å²) in [6.07, 6.45) is 1.71. The minimum absolute atomic E-state index is 0.231. The molecule has 1 aliphatic heterocycles. The number of esters is 1. The van der Waals surface area contributed by atoms with E-state index in [1.807, 2.05) is 55.5 Å². The van der Waals surface area contributed by atoms with Crippen molar-refractivity contribution in [2.24, 2.45) is 4.99 Å². The van der Waals surface area contributed by atoms with Gasteiger partial charge in [-0.25, -0.2) is 9.79 Å². The molecule has 1 atom stereocenters. The van der Waals surface area contributed by atoms with Crippen LogP contribution in [-0.2, 0) is 9.53 Å². The van der Waals surface area contributed by atoms with Crippen LogP contribution < -0.4 is 14.9 Å². The minimum Gasteiger partial charge on any atom is -0.463 e. The van der Waals surface area contributed by atoms with Crippen LogP contribution in [0.4, 0.5) is 0 Å². The van der Waals surface area contributed by atoms with Crippen molar-refractivity contribution in [3.63, 3.8) is 0 Å². The molecule has 0 bridgehead atoms. The van der Waals surface area contributed by atoms with Crippen molar-refractivity contribution in [2.45, 2.75) is 26.8 Å². The fraction of sp³-hybridized carbons (Fsp3) is 0.179. The molecule has 0 aliphatic carbocycles. The Morgan fingerprint density at radius 1 is 1.11 bits per heavy atom. The summed E-state index contributed by atoms with van der Waals surface area (Å²) in [6, 6.07) is 18.2. The highest BCUT2D eigenvalue weighted by atomic mass is 35.5. The van der Waals surface area contributed by atoms with Crippen molar-refractivity contribution in [3.05, 3.63) is 114 Å². The number of ether oxygens (including phenoxy) is 1. The smallest absolute Gasteiger partial charge is 0.338 e. The molecule has 0 radical (unpaired) electrons. The molecule has 0 fully saturated rings. The first-order valence-electron chi connectivity index (χ1n) is 11.5. The molecular formula is C28H23ClN2O4S. The molecule has 1 aliphatic rings. The first kappa shape index (κ1) is 24.0. The highest BCUT2D eigenvalue weighted by molar-refractivity contribution is 7.07. The summed E-state index contributed by atoms with van der Waals surface area (Å²) in [5.41, 5.74) is 3.43. The van der Waals surface area contributed by atoms with Gasteiger partial charge >= 0.3 is 5.97 Å². The van der Waals surface area contributed by atoms with E-state index in [0.29, 0.717) is 37.1 Å². The normalized spacial score (nSPS) is 15.6. The molecule has 0 saturated carbocycles. The SMILES string of the molecule is CCOC(=O)C1=C(C)N=c2sc(=Cc3ccc(-c4ccc(Cl)cc4)o3)c(=O)n2C1c1ccc(C)cc1. The second kappa shape index (κ2) is 9.76. The summed E-state index contributed by atoms with van der Waals surface area (Å²) in [5, 5.41) is 0.646. The van der Waals surface area contributed by atoms with Crippen LogP contribution in [0.5, 0.6) is 0 Å². The van der Waals surface area contributed by atoms with E-state index in [-0.39, 0.29) is 12.2 Å². The number of nitrogens with zero attached hydrogens (tertiary/aromatic N) is 2. The van der Waals surface area contributed by atoms with Crippen molar-refractivity contribution >= 4 is 35.0 Å². The van der Waals surface area contributed by atoms with E-state index in [0.717, 1.165) is 16.7 Å². The van der Waals surface area contributed by atoms with Gasteiger partial charge in [-0.3, -0.25) is 9.36 Å². The van der Waals surface area contributed by atoms with Crippen LogP contribution in [-0.4, -0.2) is 17.1 Å². The van der Waals surface area contributed by atoms with Gasteiger partial charge in [0.1, 0.15) is 11.5 Å². The number of benzene rings is 2. The van der Waals surface area contributed by atoms with Gasteiger partial charge in [0.25, 0.3) is 5.56 Å². The van der Waals surface area contributed by atoms with Crippen molar-refractivity contribution in [3.8, 4) is 11.3 Å². The van der Waals surface area contributed by atoms with Crippen LogP contribution >= 0.6 is 22.9 Å². The lowest BCUT2D eigenvalue weighted by Crippen LogP contribution is -2.39. The van der Waals surface area contributed by atoms with E-state index in [1.54, 1.807) is 36.6 Å². The average molecular weight is 519 g/mol. The second-order valence-corrected chi connectivity index (χ2v) is 9.87. The maximum atomic E-state index is 13.7. The monoisotopic (exact) mass is 518 g/mol. The number of thiazole rings is 1. The van der Waals surface area contributed by atoms with E-state index in [9.17, 15) is 9.59 Å². The summed E-state index contributed by atoms with van der Waals surface area (Å²) in [4.78, 5) is 31.7. The summed E-state index contributed by atoms with van der Waals surface area (Å²) in [7, 11) is 0. The van der Waals surface area contributed by atoms with E-state index in [4.69, 9.17) is 20.8 Å². The molecule has 0 spiro atoms. The Kier molecular flexibility index (Phi) is 6.51. The van der Waals surface area contributed by atoms with E-state index >= 15 is 0 Å². The van der Waals surface area contributed by atoms with Gasteiger partial charge in [-0.15, -0.1) is 0 Å². The van der Waals surface area contributed by atoms with Gasteiger partial charge < -0.3 is 9.15 Å². The number of halogens is 1. The van der Waals surface area contributed by atoms with Crippen molar-refractivity contribution < 1.29 is 13.9 Å². The number of hydrogen-bond acceptors (Lipinski definition) is 6. The van der Waals surface area contributed by atoms with E-state index < -0.39 is 12.0 Å². The average Bonchev–Trinajstić information content (AvgIpc) is 3.44. The summed E-state index contributed by atoms with van der Waals surface area (Å²) >= 11 is 7.25. The first-order valence-corrected chi connectivity index (χ1v) is 12.7. The Labute approximate surface area is 216 Å². The molecule has 3 heterocycles. The van der Waals surface area contributed by atoms with Crippen molar-refractivity contribution in [2.75, 3.05) is 6.61 Å². The molecule has 0 amide bonds. The van der Waals surface area contributed by atoms with Crippen LogP contribution in [0.3, 0.4) is 0 Å². The zero-order valence-electron chi connectivity index (χ0n) is 19.9. The molecule has 5 rings (SSSR count). The number of fused-ring (bicyclic) bond motifs is 1. The molecule has 8 heteroatoms. The van der Waals surface area contributed by atoms with Gasteiger partial charge in [-0.1, -0.05) is 52.8 Å². The van der Waals surface area contributed by atoms with Crippen molar-refractivity contribution in [1.82, 2.24) is 4.57 Å². The fourth-order valence-electron chi connectivity index (χ4n) is 4.18. The molecule has 36 heavy (non-hydrogen) atoms. The number of aromatic nitrogens is 1. The molecule has 1 unspecified atom stereocenters. The fourth-order valence-corrected chi connectivity index (χ4v) is 5.34. The van der Waals surface area contributed by atoms with Crippen LogP contribution in [0.2, 0.25) is 5.02 Å². The van der Waals surface area contributed by atoms with Gasteiger partial charge in [-0.05, 0) is 62.7 Å². The Bertz CT molecular complexity index is 1660. The second-order valence-electron chi connectivity index (χ2n) is 8.42. The topological polar surface area (TPSA) is 73.8 Å². The third-order valence-electron chi connectivity index (χ3n) is 5.94. The van der Waals surface area contributed by atoms with E-state index in [1.165, 1.54) is 11.3 Å². The number of carbonyl (C=O) groups is 1. The molecule has 0 N–H and O–H groups in total. The third kappa shape index (κ3) is 4.47. The maximum absolute atomic E-state index is 13.7. The molecule has 0 saturated heterocycles. The molecule has 182 valence electrons. The largest absolute Gasteiger partial charge is 0.463 e. The van der Waals surface area contributed by atoms with Crippen LogP contribution in [0.15, 0.2) is 86.1 Å². The summed E-state index contributed by atoms with van der Waals surface area (Å²) in [5.74, 6) is 0.736. The predicted molar refractivity (Wildman–Crippen MR) is 141 cm³/mol. The Hall–Kier alpha value is -3.68. The van der Waals surface area contributed by atoms with Crippen LogP contribution in [0.1, 0.15) is 36.8 Å². The van der Waals surface area contributed by atoms with Crippen LogP contribution in [0, 0.1) is 6.92 Å². The highest BCUT2D eigenvalue weighted by Gasteiger charge is 2.33. The Balaban J connectivity index is 1.63. The quantitative estimate of drug-likeness (QED) is 0.348. The molecule has 2 aromatic heterocycles. The lowest BCUT2D eigenvalue weighted by atomic mass is 9.95. The van der Waals surface area contributed by atoms with E-state index in [2.05, 4.69) is 4.99 Å². The summed E-state index contributed by atoms with van der Waals surface area (Å²) < 4.78 is 13.4.